The van der Waals surface area contributed by atoms with Crippen LogP contribution in [0.2, 0.25) is 0 Å². The Hall–Kier alpha value is -2.94. The lowest BCUT2D eigenvalue weighted by Crippen LogP contribution is -2.22. The van der Waals surface area contributed by atoms with Crippen LogP contribution in [0.15, 0.2) is 78.9 Å². The average molecular weight is 376 g/mol. The van der Waals surface area contributed by atoms with Crippen molar-refractivity contribution in [3.63, 3.8) is 0 Å². The summed E-state index contributed by atoms with van der Waals surface area (Å²) in [6.07, 6.45) is 2.11. The van der Waals surface area contributed by atoms with Gasteiger partial charge in [-0.05, 0) is 56.5 Å². The minimum absolute atomic E-state index is 0.0677. The zero-order chi connectivity index (χ0) is 19.6. The molecule has 0 saturated carbocycles. The van der Waals surface area contributed by atoms with E-state index in [1.165, 1.54) is 11.1 Å². The zero-order valence-corrected chi connectivity index (χ0v) is 16.7. The second-order valence-electron chi connectivity index (χ2n) is 7.09. The minimum atomic E-state index is 0.0677. The molecule has 3 aromatic carbocycles. The van der Waals surface area contributed by atoms with Gasteiger partial charge in [-0.3, -0.25) is 0 Å². The van der Waals surface area contributed by atoms with Gasteiger partial charge in [0.15, 0.2) is 0 Å². The molecule has 0 aliphatic heterocycles. The number of hydrogen-bond acceptors (Lipinski definition) is 3. The third-order valence-corrected chi connectivity index (χ3v) is 4.51. The van der Waals surface area contributed by atoms with Crippen LogP contribution < -0.4 is 14.8 Å². The smallest absolute Gasteiger partial charge is 0.121 e. The summed E-state index contributed by atoms with van der Waals surface area (Å²) >= 11 is 0. The van der Waals surface area contributed by atoms with Crippen LogP contribution in [0.4, 0.5) is 5.69 Å². The fourth-order valence-electron chi connectivity index (χ4n) is 2.96. The maximum absolute atomic E-state index is 5.95. The monoisotopic (exact) mass is 375 g/mol. The molecular formula is C25H29NO2. The lowest BCUT2D eigenvalue weighted by Gasteiger charge is -2.17. The number of ether oxygens (including phenoxy) is 2. The second kappa shape index (κ2) is 10.4. The second-order valence-corrected chi connectivity index (χ2v) is 7.09. The molecule has 3 heteroatoms. The molecule has 0 amide bonds. The molecular weight excluding hydrogens is 346 g/mol. The van der Waals surface area contributed by atoms with Crippen LogP contribution in [0, 0.1) is 6.92 Å². The number of aryl methyl sites for hydroxylation is 2. The Morgan fingerprint density at radius 1 is 0.857 bits per heavy atom. The van der Waals surface area contributed by atoms with Crippen LogP contribution in [-0.4, -0.2) is 19.3 Å². The molecule has 0 bridgehead atoms. The van der Waals surface area contributed by atoms with Gasteiger partial charge >= 0.3 is 0 Å². The van der Waals surface area contributed by atoms with Gasteiger partial charge in [-0.2, -0.15) is 0 Å². The van der Waals surface area contributed by atoms with Crippen molar-refractivity contribution in [2.75, 3.05) is 18.5 Å². The van der Waals surface area contributed by atoms with Gasteiger partial charge in [0.2, 0.25) is 0 Å². The highest BCUT2D eigenvalue weighted by Gasteiger charge is 2.05. The molecule has 3 nitrogen and oxygen atoms in total. The minimum Gasteiger partial charge on any atom is -0.494 e. The van der Waals surface area contributed by atoms with E-state index in [0.29, 0.717) is 6.61 Å². The summed E-state index contributed by atoms with van der Waals surface area (Å²) in [5, 5.41) is 3.43. The standard InChI is InChI=1S/C25H29NO2/c1-20-13-15-24(16-14-20)28-21(2)19-26-23-11-6-12-25(18-23)27-17-7-10-22-8-4-3-5-9-22/h3-6,8-9,11-16,18,21,26H,7,10,17,19H2,1-2H3. The highest BCUT2D eigenvalue weighted by atomic mass is 16.5. The van der Waals surface area contributed by atoms with Crippen LogP contribution in [-0.2, 0) is 6.42 Å². The largest absolute Gasteiger partial charge is 0.494 e. The first-order valence-corrected chi connectivity index (χ1v) is 9.93. The van der Waals surface area contributed by atoms with E-state index in [9.17, 15) is 0 Å². The molecule has 1 N–H and O–H groups in total. The fourth-order valence-corrected chi connectivity index (χ4v) is 2.96. The molecule has 0 saturated heterocycles. The third kappa shape index (κ3) is 6.66. The molecule has 0 aromatic heterocycles. The van der Waals surface area contributed by atoms with Crippen molar-refractivity contribution in [3.8, 4) is 11.5 Å². The molecule has 0 aliphatic carbocycles. The lowest BCUT2D eigenvalue weighted by atomic mass is 10.1. The van der Waals surface area contributed by atoms with Crippen molar-refractivity contribution >= 4 is 5.69 Å². The predicted octanol–water partition coefficient (Wildman–Crippen LogP) is 5.89. The Morgan fingerprint density at radius 3 is 2.43 bits per heavy atom. The van der Waals surface area contributed by atoms with Crippen LogP contribution in [0.25, 0.3) is 0 Å². The first kappa shape index (κ1) is 19.8. The zero-order valence-electron chi connectivity index (χ0n) is 16.7. The highest BCUT2D eigenvalue weighted by molar-refractivity contribution is 5.48. The molecule has 28 heavy (non-hydrogen) atoms. The van der Waals surface area contributed by atoms with Crippen molar-refractivity contribution in [2.45, 2.75) is 32.8 Å². The Bertz CT molecular complexity index is 831. The van der Waals surface area contributed by atoms with E-state index in [4.69, 9.17) is 9.47 Å². The van der Waals surface area contributed by atoms with Crippen molar-refractivity contribution in [2.24, 2.45) is 0 Å². The number of hydrogen-bond donors (Lipinski definition) is 1. The van der Waals surface area contributed by atoms with E-state index in [1.807, 2.05) is 36.4 Å². The summed E-state index contributed by atoms with van der Waals surface area (Å²) in [5.74, 6) is 1.79. The summed E-state index contributed by atoms with van der Waals surface area (Å²) in [7, 11) is 0. The molecule has 0 spiro atoms. The molecule has 0 radical (unpaired) electrons. The number of anilines is 1. The molecule has 146 valence electrons. The van der Waals surface area contributed by atoms with Gasteiger partial charge < -0.3 is 14.8 Å². The summed E-state index contributed by atoms with van der Waals surface area (Å²) in [5.41, 5.74) is 3.63. The van der Waals surface area contributed by atoms with Crippen molar-refractivity contribution < 1.29 is 9.47 Å². The van der Waals surface area contributed by atoms with Gasteiger partial charge in [0.25, 0.3) is 0 Å². The highest BCUT2D eigenvalue weighted by Crippen LogP contribution is 2.19. The Labute approximate surface area is 168 Å². The quantitative estimate of drug-likeness (QED) is 0.448. The molecule has 3 rings (SSSR count). The van der Waals surface area contributed by atoms with Crippen LogP contribution >= 0.6 is 0 Å². The van der Waals surface area contributed by atoms with E-state index in [-0.39, 0.29) is 6.10 Å². The Balaban J connectivity index is 1.40. The molecule has 1 atom stereocenters. The summed E-state index contributed by atoms with van der Waals surface area (Å²) < 4.78 is 11.9. The van der Waals surface area contributed by atoms with Crippen molar-refractivity contribution in [1.82, 2.24) is 0 Å². The summed E-state index contributed by atoms with van der Waals surface area (Å²) in [4.78, 5) is 0. The van der Waals surface area contributed by atoms with Gasteiger partial charge in [-0.1, -0.05) is 54.1 Å². The Morgan fingerprint density at radius 2 is 1.64 bits per heavy atom. The van der Waals surface area contributed by atoms with E-state index in [2.05, 4.69) is 61.6 Å². The SMILES string of the molecule is Cc1ccc(OC(C)CNc2cccc(OCCCc3ccccc3)c2)cc1. The van der Waals surface area contributed by atoms with E-state index in [0.717, 1.165) is 36.6 Å². The summed E-state index contributed by atoms with van der Waals surface area (Å²) in [6.45, 7) is 5.58. The van der Waals surface area contributed by atoms with Crippen molar-refractivity contribution in [1.29, 1.82) is 0 Å². The first-order valence-electron chi connectivity index (χ1n) is 9.93. The first-order chi connectivity index (χ1) is 13.7. The predicted molar refractivity (Wildman–Crippen MR) is 116 cm³/mol. The van der Waals surface area contributed by atoms with Crippen LogP contribution in [0.5, 0.6) is 11.5 Å². The van der Waals surface area contributed by atoms with Gasteiger partial charge in [0, 0.05) is 11.8 Å². The van der Waals surface area contributed by atoms with Gasteiger partial charge in [-0.15, -0.1) is 0 Å². The average Bonchev–Trinajstić information content (AvgIpc) is 2.73. The normalized spacial score (nSPS) is 11.6. The molecule has 1 unspecified atom stereocenters. The van der Waals surface area contributed by atoms with E-state index >= 15 is 0 Å². The maximum Gasteiger partial charge on any atom is 0.121 e. The topological polar surface area (TPSA) is 30.5 Å². The van der Waals surface area contributed by atoms with Gasteiger partial charge in [0.1, 0.15) is 17.6 Å². The van der Waals surface area contributed by atoms with Gasteiger partial charge in [-0.25, -0.2) is 0 Å². The number of rotatable bonds is 10. The van der Waals surface area contributed by atoms with Crippen LogP contribution in [0.1, 0.15) is 24.5 Å². The molecule has 0 aliphatic rings. The molecule has 0 heterocycles. The third-order valence-electron chi connectivity index (χ3n) is 4.51. The fraction of sp³-hybridized carbons (Fsp3) is 0.280. The van der Waals surface area contributed by atoms with Gasteiger partial charge in [0.05, 0.1) is 13.2 Å². The van der Waals surface area contributed by atoms with Crippen LogP contribution in [0.3, 0.4) is 0 Å². The number of benzene rings is 3. The summed E-state index contributed by atoms with van der Waals surface area (Å²) in [6, 6.07) is 26.8. The van der Waals surface area contributed by atoms with E-state index < -0.39 is 0 Å². The number of nitrogens with one attached hydrogen (secondary N) is 1. The van der Waals surface area contributed by atoms with E-state index in [1.54, 1.807) is 0 Å². The van der Waals surface area contributed by atoms with Crippen molar-refractivity contribution in [3.05, 3.63) is 90.0 Å². The maximum atomic E-state index is 5.95. The molecule has 3 aromatic rings. The molecule has 0 fully saturated rings. The Kier molecular flexibility index (Phi) is 7.36. The lowest BCUT2D eigenvalue weighted by molar-refractivity contribution is 0.234.